The van der Waals surface area contributed by atoms with Crippen molar-refractivity contribution in [2.75, 3.05) is 11.9 Å². The van der Waals surface area contributed by atoms with Crippen LogP contribution in [0.25, 0.3) is 0 Å². The van der Waals surface area contributed by atoms with E-state index in [9.17, 15) is 0 Å². The van der Waals surface area contributed by atoms with Crippen LogP contribution >= 0.6 is 15.9 Å². The van der Waals surface area contributed by atoms with E-state index in [-0.39, 0.29) is 0 Å². The van der Waals surface area contributed by atoms with Crippen molar-refractivity contribution in [1.82, 2.24) is 15.0 Å². The van der Waals surface area contributed by atoms with E-state index in [1.54, 1.807) is 12.4 Å². The summed E-state index contributed by atoms with van der Waals surface area (Å²) in [5.41, 5.74) is 1.11. The molecule has 5 heteroatoms. The molecule has 0 bridgehead atoms. The van der Waals surface area contributed by atoms with Gasteiger partial charge in [-0.2, -0.15) is 0 Å². The average molecular weight is 307 g/mol. The molecule has 2 heterocycles. The van der Waals surface area contributed by atoms with Gasteiger partial charge < -0.3 is 5.32 Å². The SMILES string of the molecule is CCCNc1nc(Cc2cccnc2)ncc1Br. The molecule has 0 amide bonds. The Hall–Kier alpha value is -1.49. The number of hydrogen-bond acceptors (Lipinski definition) is 4. The summed E-state index contributed by atoms with van der Waals surface area (Å²) in [5.74, 6) is 1.65. The Morgan fingerprint density at radius 2 is 2.22 bits per heavy atom. The Morgan fingerprint density at radius 1 is 1.33 bits per heavy atom. The number of pyridine rings is 1. The van der Waals surface area contributed by atoms with Gasteiger partial charge in [0, 0.05) is 31.6 Å². The molecule has 0 aliphatic carbocycles. The quantitative estimate of drug-likeness (QED) is 0.922. The van der Waals surface area contributed by atoms with Crippen molar-refractivity contribution in [2.45, 2.75) is 19.8 Å². The topological polar surface area (TPSA) is 50.7 Å². The van der Waals surface area contributed by atoms with E-state index in [1.165, 1.54) is 0 Å². The van der Waals surface area contributed by atoms with Gasteiger partial charge in [-0.05, 0) is 34.0 Å². The van der Waals surface area contributed by atoms with Gasteiger partial charge in [0.15, 0.2) is 0 Å². The fourth-order valence-corrected chi connectivity index (χ4v) is 1.87. The van der Waals surface area contributed by atoms with Crippen molar-refractivity contribution >= 4 is 21.7 Å². The van der Waals surface area contributed by atoms with Crippen LogP contribution in [0.3, 0.4) is 0 Å². The number of anilines is 1. The molecule has 0 atom stereocenters. The smallest absolute Gasteiger partial charge is 0.144 e. The third-order valence-electron chi connectivity index (χ3n) is 2.42. The molecule has 0 radical (unpaired) electrons. The first-order chi connectivity index (χ1) is 8.79. The number of halogens is 1. The molecule has 18 heavy (non-hydrogen) atoms. The van der Waals surface area contributed by atoms with Crippen LogP contribution < -0.4 is 5.32 Å². The van der Waals surface area contributed by atoms with Gasteiger partial charge in [-0.15, -0.1) is 0 Å². The molecule has 0 saturated carbocycles. The Labute approximate surface area is 115 Å². The second-order valence-corrected chi connectivity index (χ2v) is 4.80. The summed E-state index contributed by atoms with van der Waals surface area (Å²) in [6.45, 7) is 3.03. The van der Waals surface area contributed by atoms with E-state index >= 15 is 0 Å². The van der Waals surface area contributed by atoms with Crippen LogP contribution in [0.15, 0.2) is 35.2 Å². The summed E-state index contributed by atoms with van der Waals surface area (Å²) in [4.78, 5) is 12.9. The number of nitrogens with one attached hydrogen (secondary N) is 1. The molecule has 94 valence electrons. The van der Waals surface area contributed by atoms with Gasteiger partial charge >= 0.3 is 0 Å². The first-order valence-electron chi connectivity index (χ1n) is 5.93. The van der Waals surface area contributed by atoms with Crippen molar-refractivity contribution in [3.05, 3.63) is 46.6 Å². The molecule has 0 aliphatic heterocycles. The lowest BCUT2D eigenvalue weighted by molar-refractivity contribution is 0.924. The van der Waals surface area contributed by atoms with E-state index in [1.807, 2.05) is 18.3 Å². The van der Waals surface area contributed by atoms with Gasteiger partial charge in [0.05, 0.1) is 4.47 Å². The van der Waals surface area contributed by atoms with Crippen molar-refractivity contribution in [3.8, 4) is 0 Å². The minimum atomic E-state index is 0.696. The summed E-state index contributed by atoms with van der Waals surface area (Å²) in [6, 6.07) is 3.95. The minimum absolute atomic E-state index is 0.696. The van der Waals surface area contributed by atoms with Crippen LogP contribution in [0.4, 0.5) is 5.82 Å². The predicted molar refractivity (Wildman–Crippen MR) is 75.6 cm³/mol. The molecule has 0 aromatic carbocycles. The van der Waals surface area contributed by atoms with Crippen molar-refractivity contribution in [2.24, 2.45) is 0 Å². The first-order valence-corrected chi connectivity index (χ1v) is 6.73. The molecule has 0 unspecified atom stereocenters. The normalized spacial score (nSPS) is 10.3. The Morgan fingerprint density at radius 3 is 2.94 bits per heavy atom. The average Bonchev–Trinajstić information content (AvgIpc) is 2.40. The van der Waals surface area contributed by atoms with Crippen LogP contribution in [-0.4, -0.2) is 21.5 Å². The summed E-state index contributed by atoms with van der Waals surface area (Å²) in [7, 11) is 0. The third-order valence-corrected chi connectivity index (χ3v) is 3.00. The Kier molecular flexibility index (Phi) is 4.64. The monoisotopic (exact) mass is 306 g/mol. The molecular weight excluding hydrogens is 292 g/mol. The van der Waals surface area contributed by atoms with E-state index in [4.69, 9.17) is 0 Å². The third kappa shape index (κ3) is 3.50. The van der Waals surface area contributed by atoms with Crippen LogP contribution in [-0.2, 0) is 6.42 Å². The Balaban J connectivity index is 2.14. The molecule has 0 spiro atoms. The van der Waals surface area contributed by atoms with E-state index in [0.29, 0.717) is 6.42 Å². The molecule has 0 aliphatic rings. The van der Waals surface area contributed by atoms with Crippen LogP contribution in [0.1, 0.15) is 24.7 Å². The molecule has 4 nitrogen and oxygen atoms in total. The highest BCUT2D eigenvalue weighted by atomic mass is 79.9. The van der Waals surface area contributed by atoms with Crippen molar-refractivity contribution in [1.29, 1.82) is 0 Å². The van der Waals surface area contributed by atoms with E-state index in [0.717, 1.165) is 34.6 Å². The molecule has 2 aromatic rings. The van der Waals surface area contributed by atoms with E-state index < -0.39 is 0 Å². The van der Waals surface area contributed by atoms with Crippen LogP contribution in [0.5, 0.6) is 0 Å². The number of hydrogen-bond donors (Lipinski definition) is 1. The summed E-state index contributed by atoms with van der Waals surface area (Å²) >= 11 is 3.45. The van der Waals surface area contributed by atoms with Gasteiger partial charge in [0.2, 0.25) is 0 Å². The highest BCUT2D eigenvalue weighted by Gasteiger charge is 2.05. The van der Waals surface area contributed by atoms with Gasteiger partial charge in [-0.25, -0.2) is 9.97 Å². The fraction of sp³-hybridized carbons (Fsp3) is 0.308. The molecule has 1 N–H and O–H groups in total. The molecule has 2 aromatic heterocycles. The van der Waals surface area contributed by atoms with Gasteiger partial charge in [-0.3, -0.25) is 4.98 Å². The summed E-state index contributed by atoms with van der Waals surface area (Å²) in [5, 5.41) is 3.28. The maximum atomic E-state index is 4.51. The first kappa shape index (κ1) is 13.0. The lowest BCUT2D eigenvalue weighted by atomic mass is 10.2. The van der Waals surface area contributed by atoms with Crippen LogP contribution in [0.2, 0.25) is 0 Å². The van der Waals surface area contributed by atoms with Crippen molar-refractivity contribution in [3.63, 3.8) is 0 Å². The molecule has 0 fully saturated rings. The number of nitrogens with zero attached hydrogens (tertiary/aromatic N) is 3. The second-order valence-electron chi connectivity index (χ2n) is 3.95. The summed E-state index contributed by atoms with van der Waals surface area (Å²) in [6.07, 6.45) is 7.15. The maximum absolute atomic E-state index is 4.51. The fourth-order valence-electron chi connectivity index (χ4n) is 1.54. The van der Waals surface area contributed by atoms with E-state index in [2.05, 4.69) is 43.1 Å². The van der Waals surface area contributed by atoms with Crippen molar-refractivity contribution < 1.29 is 0 Å². The zero-order valence-corrected chi connectivity index (χ0v) is 11.8. The lowest BCUT2D eigenvalue weighted by Crippen LogP contribution is -2.06. The standard InChI is InChI=1S/C13H15BrN4/c1-2-5-16-13-11(14)9-17-12(18-13)7-10-4-3-6-15-8-10/h3-4,6,8-9H,2,5,7H2,1H3,(H,16,17,18). The Bertz CT molecular complexity index is 502. The summed E-state index contributed by atoms with van der Waals surface area (Å²) < 4.78 is 0.894. The predicted octanol–water partition coefficient (Wildman–Crippen LogP) is 3.05. The maximum Gasteiger partial charge on any atom is 0.144 e. The number of aromatic nitrogens is 3. The lowest BCUT2D eigenvalue weighted by Gasteiger charge is -2.08. The minimum Gasteiger partial charge on any atom is -0.369 e. The molecular formula is C13H15BrN4. The van der Waals surface area contributed by atoms with Gasteiger partial charge in [0.1, 0.15) is 11.6 Å². The van der Waals surface area contributed by atoms with Gasteiger partial charge in [0.25, 0.3) is 0 Å². The highest BCUT2D eigenvalue weighted by molar-refractivity contribution is 9.10. The number of rotatable bonds is 5. The second kappa shape index (κ2) is 6.44. The zero-order valence-electron chi connectivity index (χ0n) is 10.2. The molecule has 0 saturated heterocycles. The largest absolute Gasteiger partial charge is 0.369 e. The van der Waals surface area contributed by atoms with Gasteiger partial charge in [-0.1, -0.05) is 13.0 Å². The zero-order chi connectivity index (χ0) is 12.8. The van der Waals surface area contributed by atoms with Crippen LogP contribution in [0, 0.1) is 0 Å². The highest BCUT2D eigenvalue weighted by Crippen LogP contribution is 2.19. The molecule has 2 rings (SSSR count).